The SMILES string of the molecule is Cc1ccccc1C(C#N)C(=O)c1c(C)cccc1C. The molecule has 2 aromatic carbocycles. The Morgan fingerprint density at radius 3 is 2.05 bits per heavy atom. The standard InChI is InChI=1S/C18H17NO/c1-12-7-4-5-10-15(12)16(11-19)18(20)17-13(2)8-6-9-14(17)3/h4-10,16H,1-3H3. The van der Waals surface area contributed by atoms with Crippen molar-refractivity contribution in [2.75, 3.05) is 0 Å². The summed E-state index contributed by atoms with van der Waals surface area (Å²) in [6.07, 6.45) is 0. The molecule has 0 fully saturated rings. The first-order valence-corrected chi connectivity index (χ1v) is 6.62. The molecule has 1 atom stereocenters. The third-order valence-electron chi connectivity index (χ3n) is 3.62. The Labute approximate surface area is 119 Å². The molecule has 0 bridgehead atoms. The van der Waals surface area contributed by atoms with E-state index in [4.69, 9.17) is 0 Å². The molecule has 0 spiro atoms. The molecule has 0 N–H and O–H groups in total. The number of ketones is 1. The molecule has 2 rings (SSSR count). The number of nitrogens with zero attached hydrogens (tertiary/aromatic N) is 1. The normalized spacial score (nSPS) is 11.7. The van der Waals surface area contributed by atoms with Crippen molar-refractivity contribution >= 4 is 5.78 Å². The Morgan fingerprint density at radius 1 is 0.950 bits per heavy atom. The summed E-state index contributed by atoms with van der Waals surface area (Å²) < 4.78 is 0. The third-order valence-corrected chi connectivity index (χ3v) is 3.62. The van der Waals surface area contributed by atoms with E-state index in [2.05, 4.69) is 6.07 Å². The summed E-state index contributed by atoms with van der Waals surface area (Å²) in [4.78, 5) is 12.7. The molecular formula is C18H17NO. The Balaban J connectivity index is 2.52. The van der Waals surface area contributed by atoms with Crippen LogP contribution in [0.3, 0.4) is 0 Å². The molecule has 0 aliphatic rings. The Morgan fingerprint density at radius 2 is 1.50 bits per heavy atom. The third kappa shape index (κ3) is 2.48. The van der Waals surface area contributed by atoms with Gasteiger partial charge >= 0.3 is 0 Å². The summed E-state index contributed by atoms with van der Waals surface area (Å²) in [6, 6.07) is 15.5. The highest BCUT2D eigenvalue weighted by Crippen LogP contribution is 2.26. The second-order valence-electron chi connectivity index (χ2n) is 5.05. The predicted octanol–water partition coefficient (Wildman–Crippen LogP) is 4.10. The molecule has 0 radical (unpaired) electrons. The van der Waals surface area contributed by atoms with Crippen LogP contribution < -0.4 is 0 Å². The molecule has 1 unspecified atom stereocenters. The fraction of sp³-hybridized carbons (Fsp3) is 0.222. The lowest BCUT2D eigenvalue weighted by Crippen LogP contribution is -2.15. The van der Waals surface area contributed by atoms with Gasteiger partial charge in [-0.25, -0.2) is 0 Å². The molecular weight excluding hydrogens is 246 g/mol. The fourth-order valence-corrected chi connectivity index (χ4v) is 2.53. The van der Waals surface area contributed by atoms with Gasteiger partial charge in [0, 0.05) is 5.56 Å². The van der Waals surface area contributed by atoms with Crippen LogP contribution in [0.15, 0.2) is 42.5 Å². The number of Topliss-reactive ketones (excluding diaryl/α,β-unsaturated/α-hetero) is 1. The first kappa shape index (κ1) is 14.0. The zero-order valence-electron chi connectivity index (χ0n) is 12.0. The molecule has 0 amide bonds. The summed E-state index contributed by atoms with van der Waals surface area (Å²) in [7, 11) is 0. The van der Waals surface area contributed by atoms with Crippen molar-refractivity contribution in [1.82, 2.24) is 0 Å². The zero-order chi connectivity index (χ0) is 14.7. The number of carbonyl (C=O) groups is 1. The van der Waals surface area contributed by atoms with E-state index in [1.807, 2.05) is 63.2 Å². The minimum atomic E-state index is -0.740. The van der Waals surface area contributed by atoms with Crippen LogP contribution in [-0.4, -0.2) is 5.78 Å². The van der Waals surface area contributed by atoms with Gasteiger partial charge < -0.3 is 0 Å². The van der Waals surface area contributed by atoms with Gasteiger partial charge in [-0.05, 0) is 43.0 Å². The smallest absolute Gasteiger partial charge is 0.184 e. The van der Waals surface area contributed by atoms with Crippen LogP contribution in [0.2, 0.25) is 0 Å². The molecule has 2 nitrogen and oxygen atoms in total. The minimum Gasteiger partial charge on any atom is -0.292 e. The Bertz CT molecular complexity index is 675. The second-order valence-corrected chi connectivity index (χ2v) is 5.05. The molecule has 0 aromatic heterocycles. The van der Waals surface area contributed by atoms with E-state index in [1.165, 1.54) is 0 Å². The Hall–Kier alpha value is -2.40. The van der Waals surface area contributed by atoms with Crippen LogP contribution in [0, 0.1) is 32.1 Å². The predicted molar refractivity (Wildman–Crippen MR) is 79.8 cm³/mol. The second kappa shape index (κ2) is 5.71. The summed E-state index contributed by atoms with van der Waals surface area (Å²) in [5, 5.41) is 9.45. The highest BCUT2D eigenvalue weighted by molar-refractivity contribution is 6.05. The van der Waals surface area contributed by atoms with Crippen molar-refractivity contribution in [3.05, 3.63) is 70.3 Å². The van der Waals surface area contributed by atoms with Crippen molar-refractivity contribution in [2.24, 2.45) is 0 Å². The van der Waals surface area contributed by atoms with Crippen LogP contribution in [0.4, 0.5) is 0 Å². The number of benzene rings is 2. The lowest BCUT2D eigenvalue weighted by Gasteiger charge is -2.14. The molecule has 0 heterocycles. The van der Waals surface area contributed by atoms with Crippen molar-refractivity contribution in [1.29, 1.82) is 5.26 Å². The highest BCUT2D eigenvalue weighted by Gasteiger charge is 2.25. The van der Waals surface area contributed by atoms with Crippen LogP contribution in [0.1, 0.15) is 38.5 Å². The maximum Gasteiger partial charge on any atom is 0.184 e. The quantitative estimate of drug-likeness (QED) is 0.782. The van der Waals surface area contributed by atoms with Crippen LogP contribution in [0.25, 0.3) is 0 Å². The molecule has 2 aromatic rings. The molecule has 0 aliphatic carbocycles. The van der Waals surface area contributed by atoms with Gasteiger partial charge in [0.2, 0.25) is 0 Å². The summed E-state index contributed by atoms with van der Waals surface area (Å²) in [5.41, 5.74) is 4.27. The molecule has 2 heteroatoms. The van der Waals surface area contributed by atoms with E-state index in [0.29, 0.717) is 5.56 Å². The van der Waals surface area contributed by atoms with E-state index < -0.39 is 5.92 Å². The van der Waals surface area contributed by atoms with Gasteiger partial charge in [0.05, 0.1) is 6.07 Å². The van der Waals surface area contributed by atoms with E-state index >= 15 is 0 Å². The van der Waals surface area contributed by atoms with Gasteiger partial charge in [-0.2, -0.15) is 5.26 Å². The number of hydrogen-bond acceptors (Lipinski definition) is 2. The summed E-state index contributed by atoms with van der Waals surface area (Å²) in [5.74, 6) is -0.853. The molecule has 0 aliphatic heterocycles. The average Bonchev–Trinajstić information content (AvgIpc) is 2.41. The zero-order valence-corrected chi connectivity index (χ0v) is 12.0. The van der Waals surface area contributed by atoms with Gasteiger partial charge in [-0.3, -0.25) is 4.79 Å². The summed E-state index contributed by atoms with van der Waals surface area (Å²) >= 11 is 0. The molecule has 0 saturated heterocycles. The molecule has 0 saturated carbocycles. The maximum absolute atomic E-state index is 12.7. The van der Waals surface area contributed by atoms with Gasteiger partial charge in [0.25, 0.3) is 0 Å². The molecule has 100 valence electrons. The summed E-state index contributed by atoms with van der Waals surface area (Å²) in [6.45, 7) is 5.75. The largest absolute Gasteiger partial charge is 0.292 e. The average molecular weight is 263 g/mol. The van der Waals surface area contributed by atoms with Gasteiger partial charge in [-0.15, -0.1) is 0 Å². The minimum absolute atomic E-state index is 0.114. The number of rotatable bonds is 3. The van der Waals surface area contributed by atoms with Crippen molar-refractivity contribution in [3.8, 4) is 6.07 Å². The lowest BCUT2D eigenvalue weighted by molar-refractivity contribution is 0.0977. The monoisotopic (exact) mass is 263 g/mol. The lowest BCUT2D eigenvalue weighted by atomic mass is 9.86. The topological polar surface area (TPSA) is 40.9 Å². The van der Waals surface area contributed by atoms with Crippen molar-refractivity contribution in [3.63, 3.8) is 0 Å². The fourth-order valence-electron chi connectivity index (χ4n) is 2.53. The first-order chi connectivity index (χ1) is 9.56. The van der Waals surface area contributed by atoms with Crippen molar-refractivity contribution < 1.29 is 4.79 Å². The van der Waals surface area contributed by atoms with E-state index in [9.17, 15) is 10.1 Å². The van der Waals surface area contributed by atoms with E-state index in [0.717, 1.165) is 22.3 Å². The van der Waals surface area contributed by atoms with E-state index in [-0.39, 0.29) is 5.78 Å². The van der Waals surface area contributed by atoms with Crippen LogP contribution in [0.5, 0.6) is 0 Å². The number of hydrogen-bond donors (Lipinski definition) is 0. The number of carbonyl (C=O) groups excluding carboxylic acids is 1. The van der Waals surface area contributed by atoms with Gasteiger partial charge in [-0.1, -0.05) is 42.5 Å². The van der Waals surface area contributed by atoms with Crippen LogP contribution in [-0.2, 0) is 0 Å². The Kier molecular flexibility index (Phi) is 4.00. The maximum atomic E-state index is 12.7. The van der Waals surface area contributed by atoms with E-state index in [1.54, 1.807) is 0 Å². The van der Waals surface area contributed by atoms with Crippen LogP contribution >= 0.6 is 0 Å². The number of aryl methyl sites for hydroxylation is 3. The number of nitriles is 1. The van der Waals surface area contributed by atoms with Crippen molar-refractivity contribution in [2.45, 2.75) is 26.7 Å². The molecule has 20 heavy (non-hydrogen) atoms. The first-order valence-electron chi connectivity index (χ1n) is 6.62. The highest BCUT2D eigenvalue weighted by atomic mass is 16.1. The van der Waals surface area contributed by atoms with Gasteiger partial charge in [0.1, 0.15) is 5.92 Å². The van der Waals surface area contributed by atoms with Gasteiger partial charge in [0.15, 0.2) is 5.78 Å².